The van der Waals surface area contributed by atoms with E-state index in [1.807, 2.05) is 55.4 Å². The van der Waals surface area contributed by atoms with Crippen molar-refractivity contribution in [3.63, 3.8) is 0 Å². The van der Waals surface area contributed by atoms with Crippen LogP contribution in [0.2, 0.25) is 5.02 Å². The third-order valence-electron chi connectivity index (χ3n) is 3.07. The van der Waals surface area contributed by atoms with Crippen LogP contribution < -0.4 is 4.90 Å². The highest BCUT2D eigenvalue weighted by Crippen LogP contribution is 2.23. The molecule has 0 radical (unpaired) electrons. The smallest absolute Gasteiger partial charge is 0.167 e. The van der Waals surface area contributed by atoms with E-state index in [1.165, 1.54) is 0 Å². The minimum absolute atomic E-state index is 0.0690. The zero-order valence-corrected chi connectivity index (χ0v) is 13.7. The van der Waals surface area contributed by atoms with Gasteiger partial charge in [-0.3, -0.25) is 4.79 Å². The number of nitrogens with zero attached hydrogens (tertiary/aromatic N) is 1. The van der Waals surface area contributed by atoms with Crippen molar-refractivity contribution < 1.29 is 4.79 Å². The van der Waals surface area contributed by atoms with Gasteiger partial charge in [-0.2, -0.15) is 0 Å². The molecule has 0 heterocycles. The van der Waals surface area contributed by atoms with E-state index in [2.05, 4.69) is 15.9 Å². The Balaban J connectivity index is 2.15. The predicted octanol–water partition coefficient (Wildman–Crippen LogP) is 4.59. The molecular weight excluding hydrogens is 338 g/mol. The third-order valence-corrected chi connectivity index (χ3v) is 3.92. The Bertz CT molecular complexity index is 623. The highest BCUT2D eigenvalue weighted by atomic mass is 79.9. The van der Waals surface area contributed by atoms with E-state index < -0.39 is 0 Å². The maximum atomic E-state index is 12.2. The zero-order chi connectivity index (χ0) is 14.7. The molecule has 0 aliphatic heterocycles. The first kappa shape index (κ1) is 15.1. The molecule has 2 aromatic carbocycles. The molecule has 0 amide bonds. The van der Waals surface area contributed by atoms with Crippen molar-refractivity contribution in [2.24, 2.45) is 0 Å². The summed E-state index contributed by atoms with van der Waals surface area (Å²) in [6, 6.07) is 13.2. The molecule has 0 saturated heterocycles. The summed E-state index contributed by atoms with van der Waals surface area (Å²) < 4.78 is 0.911. The summed E-state index contributed by atoms with van der Waals surface area (Å²) in [7, 11) is 3.94. The van der Waals surface area contributed by atoms with Crippen LogP contribution in [-0.2, 0) is 6.42 Å². The van der Waals surface area contributed by atoms with Crippen molar-refractivity contribution >= 4 is 39.0 Å². The molecule has 0 atom stereocenters. The van der Waals surface area contributed by atoms with Crippen molar-refractivity contribution in [1.82, 2.24) is 0 Å². The lowest BCUT2D eigenvalue weighted by molar-refractivity contribution is 0.0993. The number of Topliss-reactive ketones (excluding diaryl/α,β-unsaturated/α-hetero) is 1. The number of hydrogen-bond acceptors (Lipinski definition) is 2. The molecule has 0 spiro atoms. The van der Waals surface area contributed by atoms with Gasteiger partial charge in [0, 0.05) is 41.3 Å². The maximum absolute atomic E-state index is 12.2. The molecule has 0 saturated carbocycles. The molecule has 2 aromatic rings. The molecule has 4 heteroatoms. The minimum atomic E-state index is 0.0690. The molecule has 0 aliphatic rings. The molecule has 0 fully saturated rings. The molecule has 0 aromatic heterocycles. The maximum Gasteiger partial charge on any atom is 0.167 e. The third kappa shape index (κ3) is 3.62. The Hall–Kier alpha value is -1.32. The number of anilines is 1. The predicted molar refractivity (Wildman–Crippen MR) is 88.0 cm³/mol. The fourth-order valence-electron chi connectivity index (χ4n) is 1.89. The van der Waals surface area contributed by atoms with E-state index in [0.29, 0.717) is 17.0 Å². The average molecular weight is 353 g/mol. The Morgan fingerprint density at radius 3 is 2.35 bits per heavy atom. The zero-order valence-electron chi connectivity index (χ0n) is 11.4. The van der Waals surface area contributed by atoms with Gasteiger partial charge in [-0.15, -0.1) is 0 Å². The van der Waals surface area contributed by atoms with Crippen LogP contribution in [-0.4, -0.2) is 19.9 Å². The monoisotopic (exact) mass is 351 g/mol. The summed E-state index contributed by atoms with van der Waals surface area (Å²) in [6.45, 7) is 0. The van der Waals surface area contributed by atoms with Gasteiger partial charge in [0.2, 0.25) is 0 Å². The first-order valence-corrected chi connectivity index (χ1v) is 7.39. The molecular formula is C16H15BrClNO. The summed E-state index contributed by atoms with van der Waals surface area (Å²) >= 11 is 9.49. The first-order chi connectivity index (χ1) is 9.47. The number of benzene rings is 2. The standard InChI is InChI=1S/C16H15BrClNO/c1-19(2)14-7-4-11(5-8-14)16(20)9-12-3-6-13(17)10-15(12)18/h3-8,10H,9H2,1-2H3. The quantitative estimate of drug-likeness (QED) is 0.750. The fraction of sp³-hybridized carbons (Fsp3) is 0.188. The van der Waals surface area contributed by atoms with Crippen LogP contribution in [0.25, 0.3) is 0 Å². The van der Waals surface area contributed by atoms with Crippen molar-refractivity contribution in [1.29, 1.82) is 0 Å². The number of carbonyl (C=O) groups excluding carboxylic acids is 1. The van der Waals surface area contributed by atoms with Crippen LogP contribution in [0.3, 0.4) is 0 Å². The fourth-order valence-corrected chi connectivity index (χ4v) is 2.63. The Kier molecular flexibility index (Phi) is 4.84. The second-order valence-corrected chi connectivity index (χ2v) is 6.10. The number of ketones is 1. The second-order valence-electron chi connectivity index (χ2n) is 4.78. The van der Waals surface area contributed by atoms with Gasteiger partial charge in [-0.05, 0) is 42.0 Å². The van der Waals surface area contributed by atoms with E-state index in [1.54, 1.807) is 6.07 Å². The van der Waals surface area contributed by atoms with Crippen molar-refractivity contribution in [2.45, 2.75) is 6.42 Å². The summed E-state index contributed by atoms with van der Waals surface area (Å²) in [4.78, 5) is 14.2. The van der Waals surface area contributed by atoms with Crippen LogP contribution in [0.1, 0.15) is 15.9 Å². The molecule has 20 heavy (non-hydrogen) atoms. The second kappa shape index (κ2) is 6.42. The lowest BCUT2D eigenvalue weighted by Crippen LogP contribution is -2.09. The van der Waals surface area contributed by atoms with Gasteiger partial charge in [0.25, 0.3) is 0 Å². The number of rotatable bonds is 4. The first-order valence-electron chi connectivity index (χ1n) is 6.22. The summed E-state index contributed by atoms with van der Waals surface area (Å²) in [5, 5.41) is 0.609. The van der Waals surface area contributed by atoms with E-state index in [-0.39, 0.29) is 5.78 Å². The average Bonchev–Trinajstić information content (AvgIpc) is 2.42. The molecule has 0 unspecified atom stereocenters. The van der Waals surface area contributed by atoms with E-state index in [9.17, 15) is 4.79 Å². The SMILES string of the molecule is CN(C)c1ccc(C(=O)Cc2ccc(Br)cc2Cl)cc1. The summed E-state index contributed by atoms with van der Waals surface area (Å²) in [5.41, 5.74) is 2.62. The van der Waals surface area contributed by atoms with Crippen LogP contribution >= 0.6 is 27.5 Å². The van der Waals surface area contributed by atoms with Crippen LogP contribution in [0, 0.1) is 0 Å². The summed E-state index contributed by atoms with van der Waals surface area (Å²) in [5.74, 6) is 0.0690. The minimum Gasteiger partial charge on any atom is -0.378 e. The lowest BCUT2D eigenvalue weighted by atomic mass is 10.0. The number of hydrogen-bond donors (Lipinski definition) is 0. The van der Waals surface area contributed by atoms with E-state index in [0.717, 1.165) is 15.7 Å². The van der Waals surface area contributed by atoms with Crippen LogP contribution in [0.15, 0.2) is 46.9 Å². The van der Waals surface area contributed by atoms with Crippen molar-refractivity contribution in [3.05, 3.63) is 63.1 Å². The van der Waals surface area contributed by atoms with Gasteiger partial charge >= 0.3 is 0 Å². The van der Waals surface area contributed by atoms with E-state index in [4.69, 9.17) is 11.6 Å². The van der Waals surface area contributed by atoms with Gasteiger partial charge in [-0.25, -0.2) is 0 Å². The Morgan fingerprint density at radius 2 is 1.80 bits per heavy atom. The van der Waals surface area contributed by atoms with Gasteiger partial charge < -0.3 is 4.90 Å². The molecule has 0 N–H and O–H groups in total. The topological polar surface area (TPSA) is 20.3 Å². The van der Waals surface area contributed by atoms with Crippen LogP contribution in [0.4, 0.5) is 5.69 Å². The highest BCUT2D eigenvalue weighted by Gasteiger charge is 2.10. The van der Waals surface area contributed by atoms with E-state index >= 15 is 0 Å². The number of halogens is 2. The lowest BCUT2D eigenvalue weighted by Gasteiger charge is -2.12. The number of carbonyl (C=O) groups is 1. The van der Waals surface area contributed by atoms with Crippen molar-refractivity contribution in [3.8, 4) is 0 Å². The Labute approximate surface area is 132 Å². The normalized spacial score (nSPS) is 10.4. The van der Waals surface area contributed by atoms with Crippen LogP contribution in [0.5, 0.6) is 0 Å². The molecule has 2 nitrogen and oxygen atoms in total. The largest absolute Gasteiger partial charge is 0.378 e. The van der Waals surface area contributed by atoms with Gasteiger partial charge in [0.05, 0.1) is 0 Å². The van der Waals surface area contributed by atoms with Crippen molar-refractivity contribution in [2.75, 3.05) is 19.0 Å². The molecule has 2 rings (SSSR count). The van der Waals surface area contributed by atoms with Gasteiger partial charge in [0.15, 0.2) is 5.78 Å². The molecule has 0 aliphatic carbocycles. The summed E-state index contributed by atoms with van der Waals surface area (Å²) in [6.07, 6.45) is 0.313. The van der Waals surface area contributed by atoms with Gasteiger partial charge in [0.1, 0.15) is 0 Å². The molecule has 0 bridgehead atoms. The highest BCUT2D eigenvalue weighted by molar-refractivity contribution is 9.10. The molecule has 104 valence electrons. The van der Waals surface area contributed by atoms with Gasteiger partial charge in [-0.1, -0.05) is 33.6 Å². The Morgan fingerprint density at radius 1 is 1.15 bits per heavy atom.